The monoisotopic (exact) mass is 226 g/mol. The van der Waals surface area contributed by atoms with Gasteiger partial charge in [-0.15, -0.1) is 0 Å². The first kappa shape index (κ1) is 13.3. The van der Waals surface area contributed by atoms with Gasteiger partial charge in [-0.2, -0.15) is 0 Å². The Kier molecular flexibility index (Phi) is 5.10. The molecule has 1 saturated carbocycles. The Bertz CT molecular complexity index is 220. The number of carbonyl (C=O) groups is 1. The highest BCUT2D eigenvalue weighted by Gasteiger charge is 2.27. The van der Waals surface area contributed by atoms with Crippen LogP contribution in [0.2, 0.25) is 0 Å². The zero-order chi connectivity index (χ0) is 12.1. The quantitative estimate of drug-likeness (QED) is 0.787. The number of rotatable bonds is 3. The lowest BCUT2D eigenvalue weighted by atomic mass is 9.93. The fourth-order valence-corrected chi connectivity index (χ4v) is 2.50. The number of hydrogen-bond acceptors (Lipinski definition) is 1. The Morgan fingerprint density at radius 3 is 2.12 bits per heavy atom. The molecular weight excluding hydrogens is 200 g/mol. The summed E-state index contributed by atoms with van der Waals surface area (Å²) >= 11 is 0. The van der Waals surface area contributed by atoms with Gasteiger partial charge in [-0.3, -0.25) is 0 Å². The van der Waals surface area contributed by atoms with E-state index < -0.39 is 0 Å². The smallest absolute Gasteiger partial charge is 0.318 e. The van der Waals surface area contributed by atoms with E-state index in [1.165, 1.54) is 32.1 Å². The third-order valence-corrected chi connectivity index (χ3v) is 3.17. The Morgan fingerprint density at radius 2 is 1.69 bits per heavy atom. The first-order valence-corrected chi connectivity index (χ1v) is 6.61. The highest BCUT2D eigenvalue weighted by Crippen LogP contribution is 2.24. The van der Waals surface area contributed by atoms with Crippen LogP contribution in [0.3, 0.4) is 0 Å². The summed E-state index contributed by atoms with van der Waals surface area (Å²) in [7, 11) is 0. The molecule has 0 radical (unpaired) electrons. The molecule has 0 aliphatic heterocycles. The minimum absolute atomic E-state index is 0.108. The topological polar surface area (TPSA) is 32.3 Å². The Morgan fingerprint density at radius 1 is 1.12 bits per heavy atom. The first-order valence-electron chi connectivity index (χ1n) is 6.61. The van der Waals surface area contributed by atoms with Crippen molar-refractivity contribution in [1.29, 1.82) is 0 Å². The third kappa shape index (κ3) is 3.69. The van der Waals surface area contributed by atoms with Crippen molar-refractivity contribution in [1.82, 2.24) is 10.2 Å². The molecule has 0 aromatic heterocycles. The van der Waals surface area contributed by atoms with Gasteiger partial charge in [0.05, 0.1) is 0 Å². The number of urea groups is 1. The average molecular weight is 226 g/mol. The number of nitrogens with zero attached hydrogens (tertiary/aromatic N) is 1. The number of hydrogen-bond donors (Lipinski definition) is 1. The third-order valence-electron chi connectivity index (χ3n) is 3.17. The number of amides is 2. The molecule has 1 aliphatic carbocycles. The van der Waals surface area contributed by atoms with Gasteiger partial charge < -0.3 is 10.2 Å². The molecule has 1 fully saturated rings. The lowest BCUT2D eigenvalue weighted by Gasteiger charge is -2.37. The zero-order valence-electron chi connectivity index (χ0n) is 11.1. The molecular formula is C13H26N2O. The Labute approximate surface area is 99.6 Å². The fourth-order valence-electron chi connectivity index (χ4n) is 2.50. The maximum atomic E-state index is 12.1. The molecule has 16 heavy (non-hydrogen) atoms. The van der Waals surface area contributed by atoms with Crippen LogP contribution in [-0.2, 0) is 0 Å². The van der Waals surface area contributed by atoms with Crippen LogP contribution in [0.5, 0.6) is 0 Å². The molecule has 0 aromatic rings. The van der Waals surface area contributed by atoms with E-state index >= 15 is 0 Å². The van der Waals surface area contributed by atoms with Crippen molar-refractivity contribution >= 4 is 6.03 Å². The molecule has 0 saturated heterocycles. The van der Waals surface area contributed by atoms with Crippen molar-refractivity contribution in [2.45, 2.75) is 77.9 Å². The second kappa shape index (κ2) is 6.12. The standard InChI is InChI=1S/C13H26N2O/c1-10(2)14-13(16)15(11(3)4)12-8-6-5-7-9-12/h10-12H,5-9H2,1-4H3,(H,14,16). The van der Waals surface area contributed by atoms with E-state index in [2.05, 4.69) is 19.2 Å². The molecule has 0 aromatic carbocycles. The van der Waals surface area contributed by atoms with Gasteiger partial charge in [-0.25, -0.2) is 4.79 Å². The van der Waals surface area contributed by atoms with Crippen LogP contribution in [0.15, 0.2) is 0 Å². The highest BCUT2D eigenvalue weighted by molar-refractivity contribution is 5.75. The molecule has 2 amide bonds. The van der Waals surface area contributed by atoms with Crippen molar-refractivity contribution in [2.75, 3.05) is 0 Å². The highest BCUT2D eigenvalue weighted by atomic mass is 16.2. The van der Waals surface area contributed by atoms with Gasteiger partial charge in [0.15, 0.2) is 0 Å². The lowest BCUT2D eigenvalue weighted by molar-refractivity contribution is 0.132. The largest absolute Gasteiger partial charge is 0.336 e. The number of carbonyl (C=O) groups excluding carboxylic acids is 1. The first-order chi connectivity index (χ1) is 7.52. The molecule has 1 rings (SSSR count). The Balaban J connectivity index is 2.61. The average Bonchev–Trinajstić information content (AvgIpc) is 2.17. The zero-order valence-corrected chi connectivity index (χ0v) is 11.1. The van der Waals surface area contributed by atoms with Crippen LogP contribution in [-0.4, -0.2) is 29.1 Å². The minimum atomic E-state index is 0.108. The van der Waals surface area contributed by atoms with Crippen LogP contribution in [0.1, 0.15) is 59.8 Å². The van der Waals surface area contributed by atoms with E-state index in [-0.39, 0.29) is 12.1 Å². The summed E-state index contributed by atoms with van der Waals surface area (Å²) in [5.41, 5.74) is 0. The summed E-state index contributed by atoms with van der Waals surface area (Å²) in [6, 6.07) is 1.07. The van der Waals surface area contributed by atoms with E-state index in [1.807, 2.05) is 18.7 Å². The summed E-state index contributed by atoms with van der Waals surface area (Å²) in [6.45, 7) is 8.23. The van der Waals surface area contributed by atoms with Gasteiger partial charge in [0, 0.05) is 18.1 Å². The predicted octanol–water partition coefficient (Wildman–Crippen LogP) is 3.15. The van der Waals surface area contributed by atoms with E-state index in [0.717, 1.165) is 0 Å². The fraction of sp³-hybridized carbons (Fsp3) is 0.923. The Hall–Kier alpha value is -0.730. The summed E-state index contributed by atoms with van der Waals surface area (Å²) < 4.78 is 0. The van der Waals surface area contributed by atoms with Gasteiger partial charge in [0.25, 0.3) is 0 Å². The van der Waals surface area contributed by atoms with Crippen LogP contribution in [0, 0.1) is 0 Å². The molecule has 0 heterocycles. The van der Waals surface area contributed by atoms with Gasteiger partial charge >= 0.3 is 6.03 Å². The van der Waals surface area contributed by atoms with E-state index in [4.69, 9.17) is 0 Å². The van der Waals surface area contributed by atoms with Gasteiger partial charge in [-0.05, 0) is 40.5 Å². The van der Waals surface area contributed by atoms with Crippen molar-refractivity contribution in [3.05, 3.63) is 0 Å². The summed E-state index contributed by atoms with van der Waals surface area (Å²) in [6.07, 6.45) is 6.20. The van der Waals surface area contributed by atoms with Crippen molar-refractivity contribution < 1.29 is 4.79 Å². The normalized spacial score (nSPS) is 17.9. The van der Waals surface area contributed by atoms with Crippen LogP contribution < -0.4 is 5.32 Å². The maximum absolute atomic E-state index is 12.1. The second-order valence-electron chi connectivity index (χ2n) is 5.40. The van der Waals surface area contributed by atoms with Crippen molar-refractivity contribution in [2.24, 2.45) is 0 Å². The summed E-state index contributed by atoms with van der Waals surface area (Å²) in [5.74, 6) is 0. The molecule has 0 spiro atoms. The van der Waals surface area contributed by atoms with Crippen LogP contribution in [0.4, 0.5) is 4.79 Å². The molecule has 1 N–H and O–H groups in total. The van der Waals surface area contributed by atoms with Crippen molar-refractivity contribution in [3.63, 3.8) is 0 Å². The molecule has 0 atom stereocenters. The maximum Gasteiger partial charge on any atom is 0.318 e. The van der Waals surface area contributed by atoms with Crippen LogP contribution in [0.25, 0.3) is 0 Å². The molecule has 0 bridgehead atoms. The summed E-state index contributed by atoms with van der Waals surface area (Å²) in [5, 5.41) is 3.01. The lowest BCUT2D eigenvalue weighted by Crippen LogP contribution is -2.51. The van der Waals surface area contributed by atoms with E-state index in [0.29, 0.717) is 12.1 Å². The predicted molar refractivity (Wildman–Crippen MR) is 67.5 cm³/mol. The molecule has 3 nitrogen and oxygen atoms in total. The van der Waals surface area contributed by atoms with Gasteiger partial charge in [-0.1, -0.05) is 19.3 Å². The SMILES string of the molecule is CC(C)NC(=O)N(C(C)C)C1CCCCC1. The van der Waals surface area contributed by atoms with Gasteiger partial charge in [0.2, 0.25) is 0 Å². The molecule has 0 unspecified atom stereocenters. The molecule has 94 valence electrons. The second-order valence-corrected chi connectivity index (χ2v) is 5.40. The number of nitrogens with one attached hydrogen (secondary N) is 1. The molecule has 3 heteroatoms. The molecule has 1 aliphatic rings. The van der Waals surface area contributed by atoms with Gasteiger partial charge in [0.1, 0.15) is 0 Å². The van der Waals surface area contributed by atoms with Crippen molar-refractivity contribution in [3.8, 4) is 0 Å². The minimum Gasteiger partial charge on any atom is -0.336 e. The van der Waals surface area contributed by atoms with Crippen LogP contribution >= 0.6 is 0 Å². The summed E-state index contributed by atoms with van der Waals surface area (Å²) in [4.78, 5) is 14.2. The van der Waals surface area contributed by atoms with E-state index in [1.54, 1.807) is 0 Å². The van der Waals surface area contributed by atoms with E-state index in [9.17, 15) is 4.79 Å².